The predicted octanol–water partition coefficient (Wildman–Crippen LogP) is 3.24. The maximum atomic E-state index is 5.86. The molecule has 1 saturated heterocycles. The second-order valence-electron chi connectivity index (χ2n) is 6.36. The molecule has 3 nitrogen and oxygen atoms in total. The molecule has 1 atom stereocenters. The topological polar surface area (TPSA) is 50.4 Å². The van der Waals surface area contributed by atoms with Crippen molar-refractivity contribution >= 4 is 11.4 Å². The average Bonchev–Trinajstić information content (AvgIpc) is 2.49. The van der Waals surface area contributed by atoms with Crippen LogP contribution in [0.5, 0.6) is 0 Å². The molecule has 1 heterocycles. The van der Waals surface area contributed by atoms with E-state index in [9.17, 15) is 0 Å². The summed E-state index contributed by atoms with van der Waals surface area (Å²) >= 11 is 0. The Hall–Kier alpha value is -1.87. The zero-order chi connectivity index (χ0) is 14.9. The van der Waals surface area contributed by atoms with Gasteiger partial charge in [0, 0.05) is 12.0 Å². The van der Waals surface area contributed by atoms with E-state index in [1.807, 2.05) is 0 Å². The van der Waals surface area contributed by atoms with Gasteiger partial charge in [0.05, 0.1) is 11.4 Å². The molecule has 1 aliphatic heterocycles. The summed E-state index contributed by atoms with van der Waals surface area (Å²) in [6.45, 7) is 6.48. The minimum Gasteiger partial charge on any atom is -0.404 e. The number of hydrogen-bond acceptors (Lipinski definition) is 3. The molecule has 2 aliphatic rings. The van der Waals surface area contributed by atoms with Crippen molar-refractivity contribution < 1.29 is 0 Å². The van der Waals surface area contributed by atoms with E-state index in [-0.39, 0.29) is 5.41 Å². The minimum atomic E-state index is 0.190. The lowest BCUT2D eigenvalue weighted by Crippen LogP contribution is -2.42. The normalized spacial score (nSPS) is 29.3. The predicted molar refractivity (Wildman–Crippen MR) is 88.8 cm³/mol. The third kappa shape index (κ3) is 2.79. The van der Waals surface area contributed by atoms with Gasteiger partial charge in [0.1, 0.15) is 0 Å². The van der Waals surface area contributed by atoms with Crippen molar-refractivity contribution in [2.75, 3.05) is 13.1 Å². The van der Waals surface area contributed by atoms with Crippen LogP contribution in [0.15, 0.2) is 52.7 Å². The molecular weight excluding hydrogens is 258 g/mol. The highest BCUT2D eigenvalue weighted by atomic mass is 14.9. The molecule has 110 valence electrons. The van der Waals surface area contributed by atoms with E-state index in [2.05, 4.69) is 49.5 Å². The number of aliphatic imine (C=N–C) groups is 1. The van der Waals surface area contributed by atoms with Gasteiger partial charge < -0.3 is 11.1 Å². The molecule has 3 heteroatoms. The van der Waals surface area contributed by atoms with E-state index in [1.54, 1.807) is 6.20 Å². The third-order valence-electron chi connectivity index (χ3n) is 4.57. The van der Waals surface area contributed by atoms with Crippen molar-refractivity contribution in [1.29, 1.82) is 0 Å². The largest absolute Gasteiger partial charge is 0.404 e. The highest BCUT2D eigenvalue weighted by Crippen LogP contribution is 2.41. The van der Waals surface area contributed by atoms with Gasteiger partial charge in [-0.25, -0.2) is 4.99 Å². The summed E-state index contributed by atoms with van der Waals surface area (Å²) in [6.07, 6.45) is 6.04. The summed E-state index contributed by atoms with van der Waals surface area (Å²) in [4.78, 5) is 4.81. The molecule has 1 unspecified atom stereocenters. The number of benzene rings is 1. The molecule has 0 bridgehead atoms. The monoisotopic (exact) mass is 281 g/mol. The zero-order valence-electron chi connectivity index (χ0n) is 12.8. The van der Waals surface area contributed by atoms with E-state index in [4.69, 9.17) is 10.7 Å². The fourth-order valence-electron chi connectivity index (χ4n) is 3.20. The molecule has 0 spiro atoms. The first-order valence-corrected chi connectivity index (χ1v) is 7.59. The quantitative estimate of drug-likeness (QED) is 0.830. The van der Waals surface area contributed by atoms with E-state index in [1.165, 1.54) is 11.1 Å². The standard InChI is InChI=1S/C18H23N3/c1-13-3-5-16(6-4-13)21-17-9-15-7-8-20-12-18(15,2)10-14(17)11-19/h3-6,9,11,20H,7-8,10,12,19H2,1-2H3. The first kappa shape index (κ1) is 14.1. The molecule has 21 heavy (non-hydrogen) atoms. The number of fused-ring (bicyclic) bond motifs is 1. The lowest BCUT2D eigenvalue weighted by atomic mass is 9.69. The van der Waals surface area contributed by atoms with Crippen LogP contribution in [0.1, 0.15) is 25.3 Å². The van der Waals surface area contributed by atoms with Crippen molar-refractivity contribution in [3.63, 3.8) is 0 Å². The van der Waals surface area contributed by atoms with Crippen LogP contribution in [0, 0.1) is 12.3 Å². The first-order valence-electron chi connectivity index (χ1n) is 7.59. The van der Waals surface area contributed by atoms with Gasteiger partial charge in [-0.05, 0) is 56.3 Å². The molecule has 1 fully saturated rings. The van der Waals surface area contributed by atoms with Crippen LogP contribution < -0.4 is 11.1 Å². The maximum absolute atomic E-state index is 5.86. The molecule has 3 rings (SSSR count). The molecule has 0 saturated carbocycles. The SMILES string of the molecule is Cc1ccc(N=C2C=C3CCNCC3(C)CC2=CN)cc1. The Morgan fingerprint density at radius 3 is 2.76 bits per heavy atom. The summed E-state index contributed by atoms with van der Waals surface area (Å²) in [5.74, 6) is 0. The molecule has 1 aliphatic carbocycles. The zero-order valence-corrected chi connectivity index (χ0v) is 12.8. The van der Waals surface area contributed by atoms with Gasteiger partial charge in [-0.3, -0.25) is 0 Å². The highest BCUT2D eigenvalue weighted by molar-refractivity contribution is 6.11. The van der Waals surface area contributed by atoms with Crippen molar-refractivity contribution in [3.8, 4) is 0 Å². The second kappa shape index (κ2) is 5.49. The summed E-state index contributed by atoms with van der Waals surface area (Å²) in [6, 6.07) is 8.31. The number of rotatable bonds is 1. The molecule has 0 radical (unpaired) electrons. The fourth-order valence-corrected chi connectivity index (χ4v) is 3.20. The maximum Gasteiger partial charge on any atom is 0.0683 e. The summed E-state index contributed by atoms with van der Waals surface area (Å²) in [5, 5.41) is 3.49. The van der Waals surface area contributed by atoms with Crippen molar-refractivity contribution in [2.24, 2.45) is 16.1 Å². The second-order valence-corrected chi connectivity index (χ2v) is 6.36. The van der Waals surface area contributed by atoms with E-state index >= 15 is 0 Å². The van der Waals surface area contributed by atoms with E-state index in [0.717, 1.165) is 42.9 Å². The lowest BCUT2D eigenvalue weighted by Gasteiger charge is -2.40. The first-order chi connectivity index (χ1) is 10.1. The van der Waals surface area contributed by atoms with Gasteiger partial charge >= 0.3 is 0 Å². The van der Waals surface area contributed by atoms with Crippen LogP contribution in [0.4, 0.5) is 5.69 Å². The van der Waals surface area contributed by atoms with Gasteiger partial charge in [-0.1, -0.05) is 30.2 Å². The number of nitrogens with one attached hydrogen (secondary N) is 1. The van der Waals surface area contributed by atoms with Crippen molar-refractivity contribution in [1.82, 2.24) is 5.32 Å². The van der Waals surface area contributed by atoms with Crippen LogP contribution >= 0.6 is 0 Å². The van der Waals surface area contributed by atoms with Crippen LogP contribution in [0.2, 0.25) is 0 Å². The van der Waals surface area contributed by atoms with E-state index < -0.39 is 0 Å². The molecule has 0 amide bonds. The van der Waals surface area contributed by atoms with Gasteiger partial charge in [0.25, 0.3) is 0 Å². The van der Waals surface area contributed by atoms with Gasteiger partial charge in [0.15, 0.2) is 0 Å². The van der Waals surface area contributed by atoms with Gasteiger partial charge in [0.2, 0.25) is 0 Å². The number of piperidine rings is 1. The Kier molecular flexibility index (Phi) is 3.68. The molecule has 3 N–H and O–H groups in total. The Labute approximate surface area is 126 Å². The molecule has 1 aromatic carbocycles. The summed E-state index contributed by atoms with van der Waals surface area (Å²) in [7, 11) is 0. The Morgan fingerprint density at radius 2 is 2.05 bits per heavy atom. The summed E-state index contributed by atoms with van der Waals surface area (Å²) < 4.78 is 0. The average molecular weight is 281 g/mol. The van der Waals surface area contributed by atoms with Gasteiger partial charge in [-0.2, -0.15) is 0 Å². The van der Waals surface area contributed by atoms with Crippen molar-refractivity contribution in [3.05, 3.63) is 53.3 Å². The smallest absolute Gasteiger partial charge is 0.0683 e. The van der Waals surface area contributed by atoms with E-state index in [0.29, 0.717) is 0 Å². The Bertz CT molecular complexity index is 622. The van der Waals surface area contributed by atoms with Gasteiger partial charge in [-0.15, -0.1) is 0 Å². The molecule has 1 aromatic rings. The number of allylic oxidation sites excluding steroid dienone is 2. The third-order valence-corrected chi connectivity index (χ3v) is 4.57. The minimum absolute atomic E-state index is 0.190. The Balaban J connectivity index is 2.00. The number of nitrogens with zero attached hydrogens (tertiary/aromatic N) is 1. The van der Waals surface area contributed by atoms with Crippen LogP contribution in [-0.2, 0) is 0 Å². The lowest BCUT2D eigenvalue weighted by molar-refractivity contribution is 0.321. The van der Waals surface area contributed by atoms with Crippen LogP contribution in [0.25, 0.3) is 0 Å². The van der Waals surface area contributed by atoms with Crippen molar-refractivity contribution in [2.45, 2.75) is 26.7 Å². The Morgan fingerprint density at radius 1 is 1.29 bits per heavy atom. The van der Waals surface area contributed by atoms with Crippen LogP contribution in [0.3, 0.4) is 0 Å². The van der Waals surface area contributed by atoms with Crippen LogP contribution in [-0.4, -0.2) is 18.8 Å². The molecule has 0 aromatic heterocycles. The number of hydrogen-bond donors (Lipinski definition) is 2. The highest BCUT2D eigenvalue weighted by Gasteiger charge is 2.36. The molecular formula is C18H23N3. The number of aryl methyl sites for hydroxylation is 1. The number of nitrogens with two attached hydrogens (primary N) is 1. The fraction of sp³-hybridized carbons (Fsp3) is 0.389. The summed E-state index contributed by atoms with van der Waals surface area (Å²) in [5.41, 5.74) is 12.0.